The first-order valence-corrected chi connectivity index (χ1v) is 8.15. The van der Waals surface area contributed by atoms with Crippen LogP contribution in [0.5, 0.6) is 0 Å². The molecule has 0 saturated carbocycles. The summed E-state index contributed by atoms with van der Waals surface area (Å²) < 4.78 is 1.47. The lowest BCUT2D eigenvalue weighted by Crippen LogP contribution is -2.39. The maximum atomic E-state index is 12.4. The van der Waals surface area contributed by atoms with Gasteiger partial charge < -0.3 is 10.2 Å². The third-order valence-corrected chi connectivity index (χ3v) is 4.11. The summed E-state index contributed by atoms with van der Waals surface area (Å²) in [6.07, 6.45) is 3.84. The zero-order valence-corrected chi connectivity index (χ0v) is 13.9. The van der Waals surface area contributed by atoms with Gasteiger partial charge in [-0.3, -0.25) is 4.79 Å². The Morgan fingerprint density at radius 3 is 2.90 bits per heavy atom. The second-order valence-electron chi connectivity index (χ2n) is 6.06. The molecule has 1 aliphatic heterocycles. The molecule has 0 radical (unpaired) electrons. The van der Waals surface area contributed by atoms with E-state index in [1.165, 1.54) is 4.68 Å². The molecule has 1 aromatic rings. The van der Waals surface area contributed by atoms with Crippen molar-refractivity contribution in [2.75, 3.05) is 24.5 Å². The van der Waals surface area contributed by atoms with Gasteiger partial charge in [0.2, 0.25) is 0 Å². The molecule has 0 spiro atoms. The highest BCUT2D eigenvalue weighted by atomic mass is 35.5. The average Bonchev–Trinajstić information content (AvgIpc) is 2.96. The Labute approximate surface area is 131 Å². The minimum absolute atomic E-state index is 0.185. The van der Waals surface area contributed by atoms with E-state index < -0.39 is 0 Å². The first-order chi connectivity index (χ1) is 10.0. The van der Waals surface area contributed by atoms with E-state index in [-0.39, 0.29) is 5.56 Å². The monoisotopic (exact) mass is 312 g/mol. The van der Waals surface area contributed by atoms with Crippen molar-refractivity contribution in [3.05, 3.63) is 21.6 Å². The van der Waals surface area contributed by atoms with Gasteiger partial charge in [0.15, 0.2) is 0 Å². The molecule has 1 fully saturated rings. The fraction of sp³-hybridized carbons (Fsp3) is 0.733. The van der Waals surface area contributed by atoms with E-state index in [4.69, 9.17) is 11.6 Å². The maximum absolute atomic E-state index is 12.4. The molecule has 2 rings (SSSR count). The van der Waals surface area contributed by atoms with Crippen LogP contribution in [0.4, 0.5) is 5.69 Å². The average molecular weight is 313 g/mol. The van der Waals surface area contributed by atoms with E-state index in [2.05, 4.69) is 36.1 Å². The molecule has 1 atom stereocenters. The van der Waals surface area contributed by atoms with Gasteiger partial charge >= 0.3 is 0 Å². The Morgan fingerprint density at radius 2 is 2.33 bits per heavy atom. The summed E-state index contributed by atoms with van der Waals surface area (Å²) in [5.41, 5.74) is 0.590. The molecular weight excluding hydrogens is 288 g/mol. The second-order valence-corrected chi connectivity index (χ2v) is 6.44. The van der Waals surface area contributed by atoms with Crippen LogP contribution in [0.1, 0.15) is 33.6 Å². The lowest BCUT2D eigenvalue weighted by Gasteiger charge is -2.30. The van der Waals surface area contributed by atoms with E-state index in [1.54, 1.807) is 6.20 Å². The summed E-state index contributed by atoms with van der Waals surface area (Å²) in [6.45, 7) is 9.69. The van der Waals surface area contributed by atoms with Gasteiger partial charge in [-0.05, 0) is 25.3 Å². The second kappa shape index (κ2) is 7.27. The van der Waals surface area contributed by atoms with Crippen LogP contribution in [-0.2, 0) is 6.54 Å². The van der Waals surface area contributed by atoms with Crippen LogP contribution in [0, 0.1) is 5.92 Å². The molecule has 1 unspecified atom stereocenters. The fourth-order valence-corrected chi connectivity index (χ4v) is 3.03. The van der Waals surface area contributed by atoms with E-state index in [9.17, 15) is 4.79 Å². The van der Waals surface area contributed by atoms with Crippen LogP contribution in [-0.4, -0.2) is 35.5 Å². The van der Waals surface area contributed by atoms with Crippen molar-refractivity contribution < 1.29 is 0 Å². The fourth-order valence-electron chi connectivity index (χ4n) is 2.78. The first kappa shape index (κ1) is 16.3. The third kappa shape index (κ3) is 3.77. The van der Waals surface area contributed by atoms with E-state index in [0.717, 1.165) is 38.2 Å². The number of hydrogen-bond donors (Lipinski definition) is 1. The summed E-state index contributed by atoms with van der Waals surface area (Å²) in [7, 11) is 0. The van der Waals surface area contributed by atoms with Crippen LogP contribution in [0.3, 0.4) is 0 Å². The number of nitrogens with zero attached hydrogens (tertiary/aromatic N) is 3. The third-order valence-electron chi connectivity index (χ3n) is 3.75. The molecule has 5 nitrogen and oxygen atoms in total. The Balaban J connectivity index is 2.32. The number of hydrogen-bond acceptors (Lipinski definition) is 4. The highest BCUT2D eigenvalue weighted by Gasteiger charge is 2.25. The Bertz CT molecular complexity index is 523. The molecule has 0 bridgehead atoms. The first-order valence-electron chi connectivity index (χ1n) is 7.77. The van der Waals surface area contributed by atoms with E-state index in [1.807, 2.05) is 0 Å². The highest BCUT2D eigenvalue weighted by molar-refractivity contribution is 6.33. The minimum atomic E-state index is -0.185. The molecule has 1 saturated heterocycles. The highest BCUT2D eigenvalue weighted by Crippen LogP contribution is 2.25. The van der Waals surface area contributed by atoms with Gasteiger partial charge in [0.05, 0.1) is 11.9 Å². The molecule has 0 amide bonds. The molecule has 0 aliphatic carbocycles. The summed E-state index contributed by atoms with van der Waals surface area (Å²) >= 11 is 6.36. The molecule has 6 heteroatoms. The summed E-state index contributed by atoms with van der Waals surface area (Å²) in [6, 6.07) is 0.393. The van der Waals surface area contributed by atoms with E-state index in [0.29, 0.717) is 23.5 Å². The van der Waals surface area contributed by atoms with Crippen molar-refractivity contribution >= 4 is 17.3 Å². The Kier molecular flexibility index (Phi) is 5.65. The summed E-state index contributed by atoms with van der Waals surface area (Å²) in [5, 5.41) is 7.97. The molecule has 1 aliphatic rings. The van der Waals surface area contributed by atoms with Gasteiger partial charge in [-0.15, -0.1) is 0 Å². The van der Waals surface area contributed by atoms with Crippen LogP contribution >= 0.6 is 11.6 Å². The molecular formula is C15H25ClN4O. The van der Waals surface area contributed by atoms with Gasteiger partial charge in [-0.2, -0.15) is 5.10 Å². The van der Waals surface area contributed by atoms with E-state index >= 15 is 0 Å². The molecule has 0 aromatic carbocycles. The minimum Gasteiger partial charge on any atom is -0.365 e. The quantitative estimate of drug-likeness (QED) is 0.874. The number of rotatable bonds is 6. The van der Waals surface area contributed by atoms with Crippen LogP contribution in [0.25, 0.3) is 0 Å². The largest absolute Gasteiger partial charge is 0.365 e. The van der Waals surface area contributed by atoms with Gasteiger partial charge in [0, 0.05) is 25.7 Å². The van der Waals surface area contributed by atoms with Crippen molar-refractivity contribution in [3.8, 4) is 0 Å². The normalized spacial score (nSPS) is 18.4. The van der Waals surface area contributed by atoms with Crippen LogP contribution in [0.2, 0.25) is 5.02 Å². The van der Waals surface area contributed by atoms with Crippen molar-refractivity contribution in [1.82, 2.24) is 15.1 Å². The van der Waals surface area contributed by atoms with Gasteiger partial charge in [-0.25, -0.2) is 4.68 Å². The van der Waals surface area contributed by atoms with Crippen molar-refractivity contribution in [2.24, 2.45) is 5.92 Å². The number of aromatic nitrogens is 2. The number of halogens is 1. The zero-order chi connectivity index (χ0) is 15.4. The van der Waals surface area contributed by atoms with Gasteiger partial charge in [0.25, 0.3) is 5.56 Å². The Hall–Kier alpha value is -1.07. The summed E-state index contributed by atoms with van der Waals surface area (Å²) in [4.78, 5) is 14.6. The van der Waals surface area contributed by atoms with Gasteiger partial charge in [-0.1, -0.05) is 32.4 Å². The molecule has 21 heavy (non-hydrogen) atoms. The predicted octanol–water partition coefficient (Wildman–Crippen LogP) is 2.13. The van der Waals surface area contributed by atoms with Crippen molar-refractivity contribution in [3.63, 3.8) is 0 Å². The van der Waals surface area contributed by atoms with Crippen LogP contribution in [0.15, 0.2) is 11.0 Å². The molecule has 1 aromatic heterocycles. The van der Waals surface area contributed by atoms with Crippen molar-refractivity contribution in [2.45, 2.75) is 46.2 Å². The van der Waals surface area contributed by atoms with Crippen LogP contribution < -0.4 is 15.8 Å². The Morgan fingerprint density at radius 1 is 1.57 bits per heavy atom. The zero-order valence-electron chi connectivity index (χ0n) is 13.1. The number of nitrogens with one attached hydrogen (secondary N) is 1. The molecule has 2 heterocycles. The maximum Gasteiger partial charge on any atom is 0.287 e. The van der Waals surface area contributed by atoms with Gasteiger partial charge in [0.1, 0.15) is 5.02 Å². The van der Waals surface area contributed by atoms with Crippen molar-refractivity contribution in [1.29, 1.82) is 0 Å². The summed E-state index contributed by atoms with van der Waals surface area (Å²) in [5.74, 6) is 0.364. The lowest BCUT2D eigenvalue weighted by atomic mass is 10.2. The number of anilines is 1. The smallest absolute Gasteiger partial charge is 0.287 e. The standard InChI is InChI=1S/C15H25ClN4O/c1-4-7-19(12-5-6-17-8-12)13-9-18-20(10-11(2)3)15(21)14(13)16/h9,11-12,17H,4-8,10H2,1-3H3. The predicted molar refractivity (Wildman–Crippen MR) is 87.3 cm³/mol. The molecule has 118 valence electrons. The SMILES string of the molecule is CCCN(c1cnn(CC(C)C)c(=O)c1Cl)C1CCNC1. The molecule has 1 N–H and O–H groups in total. The lowest BCUT2D eigenvalue weighted by molar-refractivity contribution is 0.463. The topological polar surface area (TPSA) is 50.2 Å².